The molecule has 5 nitrogen and oxygen atoms in total. The molecule has 0 aromatic carbocycles. The summed E-state index contributed by atoms with van der Waals surface area (Å²) in [5.41, 5.74) is 0. The van der Waals surface area contributed by atoms with Crippen LogP contribution in [-0.4, -0.2) is 58.1 Å². The first-order chi connectivity index (χ1) is 9.95. The number of nitrogens with one attached hydrogen (secondary N) is 2. The van der Waals surface area contributed by atoms with Crippen LogP contribution >= 0.6 is 0 Å². The van der Waals surface area contributed by atoms with E-state index in [0.29, 0.717) is 32.8 Å². The molecule has 0 aliphatic carbocycles. The van der Waals surface area contributed by atoms with Crippen LogP contribution in [0.1, 0.15) is 19.3 Å². The van der Waals surface area contributed by atoms with E-state index in [1.807, 2.05) is 0 Å². The molecule has 1 rings (SSSR count). The fourth-order valence-electron chi connectivity index (χ4n) is 2.11. The molecule has 2 unspecified atom stereocenters. The molecule has 1 aliphatic rings. The summed E-state index contributed by atoms with van der Waals surface area (Å²) in [6.07, 6.45) is -3.32. The van der Waals surface area contributed by atoms with Crippen molar-refractivity contribution in [2.24, 2.45) is 5.92 Å². The Morgan fingerprint density at radius 3 is 2.62 bits per heavy atom. The van der Waals surface area contributed by atoms with Gasteiger partial charge in [-0.3, -0.25) is 4.79 Å². The minimum absolute atomic E-state index is 0.00524. The molecular formula is C13H23F3N2O3. The fourth-order valence-corrected chi connectivity index (χ4v) is 2.11. The molecule has 124 valence electrons. The first-order valence-electron chi connectivity index (χ1n) is 7.09. The predicted molar refractivity (Wildman–Crippen MR) is 70.9 cm³/mol. The molecule has 2 atom stereocenters. The maximum absolute atomic E-state index is 12.5. The van der Waals surface area contributed by atoms with Gasteiger partial charge >= 0.3 is 6.18 Å². The predicted octanol–water partition coefficient (Wildman–Crippen LogP) is 1.09. The summed E-state index contributed by atoms with van der Waals surface area (Å²) >= 11 is 0. The van der Waals surface area contributed by atoms with Crippen molar-refractivity contribution in [3.05, 3.63) is 0 Å². The van der Waals surface area contributed by atoms with Crippen molar-refractivity contribution in [1.29, 1.82) is 0 Å². The highest BCUT2D eigenvalue weighted by molar-refractivity contribution is 5.81. The zero-order chi connectivity index (χ0) is 15.7. The first-order valence-corrected chi connectivity index (χ1v) is 7.09. The summed E-state index contributed by atoms with van der Waals surface area (Å²) in [5, 5.41) is 5.37. The van der Waals surface area contributed by atoms with Crippen LogP contribution in [0.4, 0.5) is 13.2 Å². The van der Waals surface area contributed by atoms with Gasteiger partial charge in [0.25, 0.3) is 0 Å². The minimum Gasteiger partial charge on any atom is -0.382 e. The second-order valence-electron chi connectivity index (χ2n) is 5.03. The Balaban J connectivity index is 2.09. The van der Waals surface area contributed by atoms with Crippen LogP contribution in [-0.2, 0) is 14.3 Å². The van der Waals surface area contributed by atoms with E-state index in [-0.39, 0.29) is 25.3 Å². The molecule has 1 fully saturated rings. The summed E-state index contributed by atoms with van der Waals surface area (Å²) in [4.78, 5) is 11.8. The molecule has 21 heavy (non-hydrogen) atoms. The lowest BCUT2D eigenvalue weighted by atomic mass is 9.94. The van der Waals surface area contributed by atoms with E-state index in [1.165, 1.54) is 0 Å². The third-order valence-electron chi connectivity index (χ3n) is 3.39. The molecule has 1 heterocycles. The molecule has 0 bridgehead atoms. The normalized spacial score (nSPS) is 23.0. The highest BCUT2D eigenvalue weighted by atomic mass is 19.4. The molecule has 2 N–H and O–H groups in total. The number of rotatable bonds is 8. The first kappa shape index (κ1) is 18.2. The molecule has 8 heteroatoms. The molecule has 0 aromatic rings. The molecule has 1 saturated heterocycles. The molecule has 1 amide bonds. The number of carbonyl (C=O) groups is 1. The Morgan fingerprint density at radius 2 is 2.05 bits per heavy atom. The number of ether oxygens (including phenoxy) is 2. The summed E-state index contributed by atoms with van der Waals surface area (Å²) in [6.45, 7) is 1.80. The van der Waals surface area contributed by atoms with Crippen molar-refractivity contribution in [2.45, 2.75) is 31.5 Å². The Kier molecular flexibility index (Phi) is 7.98. The van der Waals surface area contributed by atoms with E-state index in [0.717, 1.165) is 0 Å². The Labute approximate surface area is 122 Å². The second-order valence-corrected chi connectivity index (χ2v) is 5.03. The van der Waals surface area contributed by atoms with Gasteiger partial charge in [0, 0.05) is 26.8 Å². The average Bonchev–Trinajstić information content (AvgIpc) is 2.45. The smallest absolute Gasteiger partial charge is 0.382 e. The third kappa shape index (κ3) is 7.10. The summed E-state index contributed by atoms with van der Waals surface area (Å²) < 4.78 is 47.5. The van der Waals surface area contributed by atoms with Crippen LogP contribution in [0.2, 0.25) is 0 Å². The SMILES string of the molecule is COCCOCCCNC(=O)C1CCC(C(F)(F)F)CN1. The molecule has 0 aromatic heterocycles. The lowest BCUT2D eigenvalue weighted by Gasteiger charge is -2.30. The Bertz CT molecular complexity index is 306. The number of carbonyl (C=O) groups excluding carboxylic acids is 1. The van der Waals surface area contributed by atoms with Crippen molar-refractivity contribution in [1.82, 2.24) is 10.6 Å². The maximum atomic E-state index is 12.5. The van der Waals surface area contributed by atoms with Crippen LogP contribution in [0.25, 0.3) is 0 Å². The van der Waals surface area contributed by atoms with E-state index in [1.54, 1.807) is 7.11 Å². The maximum Gasteiger partial charge on any atom is 0.393 e. The van der Waals surface area contributed by atoms with Gasteiger partial charge in [0.1, 0.15) is 0 Å². The van der Waals surface area contributed by atoms with E-state index in [9.17, 15) is 18.0 Å². The number of amides is 1. The number of piperidine rings is 1. The van der Waals surface area contributed by atoms with E-state index >= 15 is 0 Å². The highest BCUT2D eigenvalue weighted by Crippen LogP contribution is 2.31. The van der Waals surface area contributed by atoms with Crippen molar-refractivity contribution >= 4 is 5.91 Å². The van der Waals surface area contributed by atoms with Gasteiger partial charge in [-0.25, -0.2) is 0 Å². The van der Waals surface area contributed by atoms with Gasteiger partial charge in [-0.2, -0.15) is 13.2 Å². The van der Waals surface area contributed by atoms with E-state index in [2.05, 4.69) is 10.6 Å². The number of hydrogen-bond donors (Lipinski definition) is 2. The van der Waals surface area contributed by atoms with Crippen LogP contribution in [0, 0.1) is 5.92 Å². The van der Waals surface area contributed by atoms with Crippen molar-refractivity contribution in [3.8, 4) is 0 Å². The molecule has 0 radical (unpaired) electrons. The van der Waals surface area contributed by atoms with Crippen LogP contribution in [0.15, 0.2) is 0 Å². The van der Waals surface area contributed by atoms with Gasteiger partial charge in [-0.1, -0.05) is 0 Å². The lowest BCUT2D eigenvalue weighted by Crippen LogP contribution is -2.51. The van der Waals surface area contributed by atoms with Crippen LogP contribution in [0.3, 0.4) is 0 Å². The summed E-state index contributed by atoms with van der Waals surface area (Å²) in [5.74, 6) is -1.59. The number of methoxy groups -OCH3 is 1. The van der Waals surface area contributed by atoms with Gasteiger partial charge < -0.3 is 20.1 Å². The zero-order valence-electron chi connectivity index (χ0n) is 12.2. The number of hydrogen-bond acceptors (Lipinski definition) is 4. The molecule has 0 saturated carbocycles. The monoisotopic (exact) mass is 312 g/mol. The standard InChI is InChI=1S/C13H23F3N2O3/c1-20-7-8-21-6-2-5-17-12(19)11-4-3-10(9-18-11)13(14,15)16/h10-11,18H,2-9H2,1H3,(H,17,19). The molecule has 0 spiro atoms. The third-order valence-corrected chi connectivity index (χ3v) is 3.39. The number of alkyl halides is 3. The quantitative estimate of drug-likeness (QED) is 0.659. The van der Waals surface area contributed by atoms with Gasteiger partial charge in [-0.05, 0) is 19.3 Å². The zero-order valence-corrected chi connectivity index (χ0v) is 12.2. The largest absolute Gasteiger partial charge is 0.393 e. The average molecular weight is 312 g/mol. The second kappa shape index (κ2) is 9.22. The molecular weight excluding hydrogens is 289 g/mol. The van der Waals surface area contributed by atoms with E-state index < -0.39 is 18.1 Å². The van der Waals surface area contributed by atoms with Gasteiger partial charge in [0.15, 0.2) is 0 Å². The lowest BCUT2D eigenvalue weighted by molar-refractivity contribution is -0.180. The van der Waals surface area contributed by atoms with Crippen molar-refractivity contribution in [2.75, 3.05) is 40.0 Å². The van der Waals surface area contributed by atoms with E-state index in [4.69, 9.17) is 9.47 Å². The van der Waals surface area contributed by atoms with Gasteiger partial charge in [0.2, 0.25) is 5.91 Å². The minimum atomic E-state index is -4.19. The number of halogens is 3. The van der Waals surface area contributed by atoms with Crippen LogP contribution < -0.4 is 10.6 Å². The Hall–Kier alpha value is -0.860. The Morgan fingerprint density at radius 1 is 1.29 bits per heavy atom. The van der Waals surface area contributed by atoms with Gasteiger partial charge in [0.05, 0.1) is 25.2 Å². The molecule has 1 aliphatic heterocycles. The van der Waals surface area contributed by atoms with Gasteiger partial charge in [-0.15, -0.1) is 0 Å². The highest BCUT2D eigenvalue weighted by Gasteiger charge is 2.42. The van der Waals surface area contributed by atoms with Crippen molar-refractivity contribution in [3.63, 3.8) is 0 Å². The summed E-state index contributed by atoms with van der Waals surface area (Å²) in [6, 6.07) is -0.530. The summed E-state index contributed by atoms with van der Waals surface area (Å²) in [7, 11) is 1.59. The topological polar surface area (TPSA) is 59.6 Å². The van der Waals surface area contributed by atoms with Crippen molar-refractivity contribution < 1.29 is 27.4 Å². The fraction of sp³-hybridized carbons (Fsp3) is 0.923. The van der Waals surface area contributed by atoms with Crippen LogP contribution in [0.5, 0.6) is 0 Å².